The Kier molecular flexibility index (Phi) is 19.5. The van der Waals surface area contributed by atoms with Crippen LogP contribution in [0.2, 0.25) is 0 Å². The average molecular weight is 500 g/mol. The fourth-order valence-electron chi connectivity index (χ4n) is 2.35. The molecule has 0 aromatic rings. The van der Waals surface area contributed by atoms with E-state index in [1.807, 2.05) is 46.9 Å². The SMILES string of the molecule is C=C/C(=C\NC(C)=NC1CC1)C(=C)/C=C(C)/C(C)=C/C(O)=C(\C=NCCC)C(=O)O.CC.CC(C)C. The molecular weight excluding hydrogens is 450 g/mol. The average Bonchev–Trinajstić information content (AvgIpc) is 3.61. The number of nitrogens with one attached hydrogen (secondary N) is 1. The second kappa shape index (κ2) is 20.1. The molecule has 0 unspecified atom stereocenters. The van der Waals surface area contributed by atoms with Crippen LogP contribution in [0.25, 0.3) is 0 Å². The van der Waals surface area contributed by atoms with Gasteiger partial charge in [0.25, 0.3) is 0 Å². The molecule has 0 saturated heterocycles. The Morgan fingerprint density at radius 2 is 1.61 bits per heavy atom. The topological polar surface area (TPSA) is 94.3 Å². The van der Waals surface area contributed by atoms with Crippen molar-refractivity contribution >= 4 is 18.0 Å². The Morgan fingerprint density at radius 1 is 1.08 bits per heavy atom. The van der Waals surface area contributed by atoms with Crippen LogP contribution < -0.4 is 5.32 Å². The molecule has 3 N–H and O–H groups in total. The van der Waals surface area contributed by atoms with Gasteiger partial charge in [0, 0.05) is 19.0 Å². The van der Waals surface area contributed by atoms with Crippen LogP contribution in [0.3, 0.4) is 0 Å². The van der Waals surface area contributed by atoms with Gasteiger partial charge in [0.1, 0.15) is 11.3 Å². The zero-order chi connectivity index (χ0) is 28.3. The van der Waals surface area contributed by atoms with Crippen LogP contribution in [0.1, 0.15) is 81.6 Å². The number of nitrogens with zero attached hydrogens (tertiary/aromatic N) is 2. The molecule has 0 spiro atoms. The minimum Gasteiger partial charge on any atom is -0.507 e. The zero-order valence-corrected chi connectivity index (χ0v) is 24.0. The summed E-state index contributed by atoms with van der Waals surface area (Å²) in [4.78, 5) is 19.9. The standard InChI is InChI=1S/C24H33N3O3.C4H10.C2H6/c1-7-11-25-15-22(24(29)30)23(28)13-17(4)16(3)12-18(5)20(8-2)14-26-19(6)27-21-9-10-21;1-4(2)3;1-2/h8,12-15,21,28H,2,5,7,9-11H2,1,3-4,6H3,(H,26,27)(H,29,30);4H,1-3H3;1-2H3/b16-12+,17-13+,20-14+,23-22-,25-15?;;. The number of amidine groups is 1. The fourth-order valence-corrected chi connectivity index (χ4v) is 2.35. The number of aliphatic carboxylic acids is 1. The van der Waals surface area contributed by atoms with Crippen LogP contribution in [-0.2, 0) is 4.79 Å². The van der Waals surface area contributed by atoms with Gasteiger partial charge in [-0.15, -0.1) is 0 Å². The largest absolute Gasteiger partial charge is 0.507 e. The minimum atomic E-state index is -1.23. The third kappa shape index (κ3) is 17.3. The Morgan fingerprint density at radius 3 is 2.06 bits per heavy atom. The van der Waals surface area contributed by atoms with Crippen molar-refractivity contribution in [3.05, 3.63) is 71.2 Å². The summed E-state index contributed by atoms with van der Waals surface area (Å²) in [5.74, 6) is 0.113. The second-order valence-electron chi connectivity index (χ2n) is 8.95. The molecule has 0 aromatic heterocycles. The molecule has 1 rings (SSSR count). The van der Waals surface area contributed by atoms with Crippen molar-refractivity contribution in [2.75, 3.05) is 6.54 Å². The van der Waals surface area contributed by atoms with E-state index in [0.717, 1.165) is 47.7 Å². The van der Waals surface area contributed by atoms with Gasteiger partial charge in [0.2, 0.25) is 0 Å². The van der Waals surface area contributed by atoms with Crippen LogP contribution in [0.5, 0.6) is 0 Å². The lowest BCUT2D eigenvalue weighted by Crippen LogP contribution is -2.14. The molecule has 0 amide bonds. The first-order valence-electron chi connectivity index (χ1n) is 12.8. The van der Waals surface area contributed by atoms with Crippen LogP contribution in [0, 0.1) is 5.92 Å². The van der Waals surface area contributed by atoms with Crippen LogP contribution in [-0.4, -0.2) is 40.8 Å². The van der Waals surface area contributed by atoms with E-state index in [9.17, 15) is 15.0 Å². The monoisotopic (exact) mass is 499 g/mol. The van der Waals surface area contributed by atoms with Gasteiger partial charge in [-0.2, -0.15) is 0 Å². The van der Waals surface area contributed by atoms with Crippen molar-refractivity contribution in [2.45, 2.75) is 87.6 Å². The molecular formula is C30H49N3O3. The van der Waals surface area contributed by atoms with Gasteiger partial charge in [-0.25, -0.2) is 4.79 Å². The number of hydrogen-bond acceptors (Lipinski definition) is 4. The highest BCUT2D eigenvalue weighted by atomic mass is 16.4. The Balaban J connectivity index is 0. The van der Waals surface area contributed by atoms with E-state index in [1.165, 1.54) is 12.3 Å². The van der Waals surface area contributed by atoms with Gasteiger partial charge >= 0.3 is 5.97 Å². The van der Waals surface area contributed by atoms with E-state index in [2.05, 4.69) is 49.2 Å². The van der Waals surface area contributed by atoms with Gasteiger partial charge in [-0.1, -0.05) is 66.9 Å². The lowest BCUT2D eigenvalue weighted by Gasteiger charge is -2.08. The summed E-state index contributed by atoms with van der Waals surface area (Å²) in [5, 5.41) is 22.7. The molecule has 0 heterocycles. The molecule has 202 valence electrons. The van der Waals surface area contributed by atoms with Crippen LogP contribution >= 0.6 is 0 Å². The number of aliphatic hydroxyl groups is 1. The number of aliphatic hydroxyl groups excluding tert-OH is 1. The third-order valence-electron chi connectivity index (χ3n) is 4.40. The summed E-state index contributed by atoms with van der Waals surface area (Å²) >= 11 is 0. The normalized spacial score (nSPS) is 15.4. The maximum atomic E-state index is 11.4. The van der Waals surface area contributed by atoms with Crippen LogP contribution in [0.4, 0.5) is 0 Å². The van der Waals surface area contributed by atoms with Crippen molar-refractivity contribution in [3.8, 4) is 0 Å². The Hall–Kier alpha value is -3.15. The van der Waals surface area contributed by atoms with Crippen molar-refractivity contribution < 1.29 is 15.0 Å². The predicted molar refractivity (Wildman–Crippen MR) is 157 cm³/mol. The van der Waals surface area contributed by atoms with Crippen molar-refractivity contribution in [1.82, 2.24) is 5.32 Å². The Labute approximate surface area is 219 Å². The number of aliphatic imine (C=N–C) groups is 2. The maximum Gasteiger partial charge on any atom is 0.341 e. The van der Waals surface area contributed by atoms with E-state index in [1.54, 1.807) is 13.0 Å². The molecule has 36 heavy (non-hydrogen) atoms. The summed E-state index contributed by atoms with van der Waals surface area (Å²) in [6, 6.07) is 0.444. The zero-order valence-electron chi connectivity index (χ0n) is 24.0. The molecule has 0 aromatic carbocycles. The summed E-state index contributed by atoms with van der Waals surface area (Å²) in [6.45, 7) is 26.4. The van der Waals surface area contributed by atoms with E-state index in [-0.39, 0.29) is 11.3 Å². The quantitative estimate of drug-likeness (QED) is 0.0890. The van der Waals surface area contributed by atoms with Gasteiger partial charge in [0.15, 0.2) is 0 Å². The fraction of sp³-hybridized carbons (Fsp3) is 0.500. The number of allylic oxidation sites excluding steroid dienone is 7. The molecule has 0 atom stereocenters. The predicted octanol–water partition coefficient (Wildman–Crippen LogP) is 7.74. The molecule has 1 aliphatic rings. The summed E-state index contributed by atoms with van der Waals surface area (Å²) < 4.78 is 0. The highest BCUT2D eigenvalue weighted by Gasteiger charge is 2.19. The minimum absolute atomic E-state index is 0.240. The maximum absolute atomic E-state index is 11.4. The van der Waals surface area contributed by atoms with E-state index in [4.69, 9.17) is 0 Å². The molecule has 6 heteroatoms. The number of carboxylic acids is 1. The van der Waals surface area contributed by atoms with Gasteiger partial charge < -0.3 is 15.5 Å². The smallest absolute Gasteiger partial charge is 0.341 e. The van der Waals surface area contributed by atoms with E-state index >= 15 is 0 Å². The number of carboxylic acid groups (broad SMARTS) is 1. The number of rotatable bonds is 11. The molecule has 1 fully saturated rings. The first-order chi connectivity index (χ1) is 16.9. The second-order valence-corrected chi connectivity index (χ2v) is 8.95. The third-order valence-corrected chi connectivity index (χ3v) is 4.40. The van der Waals surface area contributed by atoms with Gasteiger partial charge in [-0.3, -0.25) is 9.98 Å². The van der Waals surface area contributed by atoms with Crippen molar-refractivity contribution in [3.63, 3.8) is 0 Å². The first kappa shape index (κ1) is 35.0. The molecule has 0 bridgehead atoms. The van der Waals surface area contributed by atoms with Crippen molar-refractivity contribution in [1.29, 1.82) is 0 Å². The molecule has 1 saturated carbocycles. The Bertz CT molecular complexity index is 894. The number of carbonyl (C=O) groups is 1. The molecule has 0 radical (unpaired) electrons. The highest BCUT2D eigenvalue weighted by molar-refractivity contribution is 6.09. The van der Waals surface area contributed by atoms with E-state index in [0.29, 0.717) is 18.2 Å². The summed E-state index contributed by atoms with van der Waals surface area (Å²) in [7, 11) is 0. The molecule has 6 nitrogen and oxygen atoms in total. The van der Waals surface area contributed by atoms with Gasteiger partial charge in [0.05, 0.1) is 11.9 Å². The van der Waals surface area contributed by atoms with Crippen LogP contribution in [0.15, 0.2) is 81.2 Å². The van der Waals surface area contributed by atoms with E-state index < -0.39 is 5.97 Å². The first-order valence-corrected chi connectivity index (χ1v) is 12.8. The highest BCUT2D eigenvalue weighted by Crippen LogP contribution is 2.23. The number of hydrogen-bond donors (Lipinski definition) is 3. The lowest BCUT2D eigenvalue weighted by atomic mass is 10.0. The molecule has 1 aliphatic carbocycles. The summed E-state index contributed by atoms with van der Waals surface area (Å²) in [5.41, 5.74) is 2.84. The van der Waals surface area contributed by atoms with Crippen molar-refractivity contribution in [2.24, 2.45) is 15.9 Å². The lowest BCUT2D eigenvalue weighted by molar-refractivity contribution is -0.132. The van der Waals surface area contributed by atoms with Gasteiger partial charge in [-0.05, 0) is 74.3 Å². The summed E-state index contributed by atoms with van der Waals surface area (Å²) in [6.07, 6.45) is 11.1. The molecule has 0 aliphatic heterocycles.